The molecule has 0 radical (unpaired) electrons. The Morgan fingerprint density at radius 2 is 2.55 bits per heavy atom. The number of nitrogens with zero attached hydrogens (tertiary/aromatic N) is 1. The number of aryl methyl sites for hydroxylation is 1. The molecular weight excluding hydrogens is 158 g/mol. The lowest BCUT2D eigenvalue weighted by Gasteiger charge is -2.00. The Bertz CT molecular complexity index is 184. The van der Waals surface area contributed by atoms with Crippen LogP contribution in [0.15, 0.2) is 11.6 Å². The number of hydrogen-bond acceptors (Lipinski definition) is 3. The molecule has 0 fully saturated rings. The van der Waals surface area contributed by atoms with Crippen molar-refractivity contribution in [3.05, 3.63) is 16.6 Å². The van der Waals surface area contributed by atoms with Crippen molar-refractivity contribution in [3.8, 4) is 0 Å². The van der Waals surface area contributed by atoms with E-state index in [1.54, 1.807) is 11.3 Å². The van der Waals surface area contributed by atoms with E-state index in [0.717, 1.165) is 19.3 Å². The molecule has 0 spiro atoms. The van der Waals surface area contributed by atoms with E-state index >= 15 is 0 Å². The van der Waals surface area contributed by atoms with Crippen LogP contribution < -0.4 is 0 Å². The van der Waals surface area contributed by atoms with Crippen LogP contribution in [0.5, 0.6) is 0 Å². The van der Waals surface area contributed by atoms with Crippen molar-refractivity contribution in [1.82, 2.24) is 4.98 Å². The van der Waals surface area contributed by atoms with Crippen LogP contribution in [0.4, 0.5) is 0 Å². The van der Waals surface area contributed by atoms with Gasteiger partial charge >= 0.3 is 0 Å². The second kappa shape index (κ2) is 4.46. The highest BCUT2D eigenvalue weighted by molar-refractivity contribution is 7.09. The van der Waals surface area contributed by atoms with E-state index in [2.05, 4.69) is 4.98 Å². The number of aromatic nitrogens is 1. The van der Waals surface area contributed by atoms with E-state index in [0.29, 0.717) is 0 Å². The maximum atomic E-state index is 8.96. The summed E-state index contributed by atoms with van der Waals surface area (Å²) in [5.41, 5.74) is 0. The predicted molar refractivity (Wildman–Crippen MR) is 46.7 cm³/mol. The monoisotopic (exact) mass is 171 g/mol. The topological polar surface area (TPSA) is 33.1 Å². The van der Waals surface area contributed by atoms with E-state index < -0.39 is 0 Å². The minimum absolute atomic E-state index is 0.171. The lowest BCUT2D eigenvalue weighted by Crippen LogP contribution is -1.99. The molecule has 1 aromatic rings. The largest absolute Gasteiger partial charge is 0.393 e. The maximum absolute atomic E-state index is 8.96. The number of rotatable bonds is 4. The normalized spacial score (nSPS) is 13.3. The third-order valence-corrected chi connectivity index (χ3v) is 2.34. The van der Waals surface area contributed by atoms with Crippen LogP contribution in [0.3, 0.4) is 0 Å². The summed E-state index contributed by atoms with van der Waals surface area (Å²) >= 11 is 1.68. The highest BCUT2D eigenvalue weighted by atomic mass is 32.1. The van der Waals surface area contributed by atoms with Crippen LogP contribution in [0.25, 0.3) is 0 Å². The Balaban J connectivity index is 2.14. The van der Waals surface area contributed by atoms with Crippen molar-refractivity contribution in [2.24, 2.45) is 0 Å². The molecule has 1 unspecified atom stereocenters. The number of hydrogen-bond donors (Lipinski definition) is 1. The van der Waals surface area contributed by atoms with Crippen LogP contribution in [0.2, 0.25) is 0 Å². The Labute approximate surface area is 70.9 Å². The molecule has 1 atom stereocenters. The van der Waals surface area contributed by atoms with Gasteiger partial charge < -0.3 is 5.11 Å². The quantitative estimate of drug-likeness (QED) is 0.750. The molecule has 1 aromatic heterocycles. The molecule has 1 N–H and O–H groups in total. The Hall–Kier alpha value is -0.410. The molecule has 1 heterocycles. The van der Waals surface area contributed by atoms with E-state index in [-0.39, 0.29) is 6.10 Å². The fraction of sp³-hybridized carbons (Fsp3) is 0.625. The lowest BCUT2D eigenvalue weighted by atomic mass is 10.2. The summed E-state index contributed by atoms with van der Waals surface area (Å²) in [4.78, 5) is 4.15. The summed E-state index contributed by atoms with van der Waals surface area (Å²) in [5, 5.41) is 12.1. The number of aliphatic hydroxyl groups excluding tert-OH is 1. The van der Waals surface area contributed by atoms with Gasteiger partial charge in [0.2, 0.25) is 0 Å². The van der Waals surface area contributed by atoms with E-state index in [9.17, 15) is 0 Å². The molecule has 0 saturated heterocycles. The van der Waals surface area contributed by atoms with Gasteiger partial charge in [-0.2, -0.15) is 0 Å². The first-order valence-electron chi connectivity index (χ1n) is 3.85. The molecule has 0 amide bonds. The minimum Gasteiger partial charge on any atom is -0.393 e. The number of aliphatic hydroxyl groups is 1. The molecule has 0 aliphatic carbocycles. The fourth-order valence-corrected chi connectivity index (χ4v) is 1.59. The second-order valence-corrected chi connectivity index (χ2v) is 3.65. The van der Waals surface area contributed by atoms with Gasteiger partial charge in [-0.15, -0.1) is 11.3 Å². The first-order valence-corrected chi connectivity index (χ1v) is 4.73. The first-order chi connectivity index (χ1) is 5.29. The van der Waals surface area contributed by atoms with Crippen LogP contribution in [0, 0.1) is 0 Å². The highest BCUT2D eigenvalue weighted by Gasteiger charge is 1.98. The zero-order valence-corrected chi connectivity index (χ0v) is 7.47. The summed E-state index contributed by atoms with van der Waals surface area (Å²) in [7, 11) is 0. The summed E-state index contributed by atoms with van der Waals surface area (Å²) in [6.45, 7) is 1.82. The third kappa shape index (κ3) is 3.49. The average molecular weight is 171 g/mol. The summed E-state index contributed by atoms with van der Waals surface area (Å²) in [6, 6.07) is 0. The smallest absolute Gasteiger partial charge is 0.0924 e. The van der Waals surface area contributed by atoms with Crippen molar-refractivity contribution < 1.29 is 5.11 Å². The van der Waals surface area contributed by atoms with Crippen molar-refractivity contribution in [2.45, 2.75) is 32.3 Å². The molecule has 2 nitrogen and oxygen atoms in total. The Morgan fingerprint density at radius 1 is 1.73 bits per heavy atom. The third-order valence-electron chi connectivity index (χ3n) is 1.50. The Kier molecular flexibility index (Phi) is 3.52. The Morgan fingerprint density at radius 3 is 3.09 bits per heavy atom. The van der Waals surface area contributed by atoms with Gasteiger partial charge in [0, 0.05) is 11.6 Å². The molecule has 0 bridgehead atoms. The van der Waals surface area contributed by atoms with E-state index in [4.69, 9.17) is 5.11 Å². The summed E-state index contributed by atoms with van der Waals surface area (Å²) in [5.74, 6) is 0. The van der Waals surface area contributed by atoms with Gasteiger partial charge in [-0.25, -0.2) is 4.98 Å². The lowest BCUT2D eigenvalue weighted by molar-refractivity contribution is 0.181. The minimum atomic E-state index is -0.171. The van der Waals surface area contributed by atoms with Gasteiger partial charge in [-0.3, -0.25) is 0 Å². The molecule has 62 valence electrons. The van der Waals surface area contributed by atoms with Gasteiger partial charge in [-0.1, -0.05) is 0 Å². The van der Waals surface area contributed by atoms with Gasteiger partial charge in [0.15, 0.2) is 0 Å². The molecule has 3 heteroatoms. The summed E-state index contributed by atoms with van der Waals surface area (Å²) in [6.07, 6.45) is 4.56. The average Bonchev–Trinajstić information content (AvgIpc) is 2.39. The summed E-state index contributed by atoms with van der Waals surface area (Å²) < 4.78 is 0. The molecule has 11 heavy (non-hydrogen) atoms. The maximum Gasteiger partial charge on any atom is 0.0924 e. The van der Waals surface area contributed by atoms with Crippen LogP contribution >= 0.6 is 11.3 Å². The van der Waals surface area contributed by atoms with Crippen LogP contribution in [-0.2, 0) is 6.42 Å². The molecule has 0 aliphatic heterocycles. The molecule has 0 aromatic carbocycles. The molecule has 0 saturated carbocycles. The van der Waals surface area contributed by atoms with Gasteiger partial charge in [0.05, 0.1) is 11.1 Å². The fourth-order valence-electron chi connectivity index (χ4n) is 0.925. The second-order valence-electron chi connectivity index (χ2n) is 2.67. The highest BCUT2D eigenvalue weighted by Crippen LogP contribution is 2.08. The molecule has 1 rings (SSSR count). The van der Waals surface area contributed by atoms with Crippen molar-refractivity contribution in [1.29, 1.82) is 0 Å². The van der Waals surface area contributed by atoms with Crippen molar-refractivity contribution in [2.75, 3.05) is 0 Å². The molecular formula is C8H13NOS. The van der Waals surface area contributed by atoms with Crippen LogP contribution in [-0.4, -0.2) is 16.2 Å². The predicted octanol–water partition coefficient (Wildman–Crippen LogP) is 1.85. The number of thiazole rings is 1. The van der Waals surface area contributed by atoms with E-state index in [1.165, 1.54) is 5.01 Å². The van der Waals surface area contributed by atoms with Gasteiger partial charge in [0.25, 0.3) is 0 Å². The molecule has 0 aliphatic rings. The van der Waals surface area contributed by atoms with Crippen molar-refractivity contribution >= 4 is 11.3 Å². The zero-order chi connectivity index (χ0) is 8.10. The van der Waals surface area contributed by atoms with Crippen molar-refractivity contribution in [3.63, 3.8) is 0 Å². The van der Waals surface area contributed by atoms with Gasteiger partial charge in [0.1, 0.15) is 0 Å². The standard InChI is InChI=1S/C8H13NOS/c1-7(10)3-2-4-8-9-5-6-11-8/h5-7,10H,2-4H2,1H3. The van der Waals surface area contributed by atoms with E-state index in [1.807, 2.05) is 18.5 Å². The zero-order valence-electron chi connectivity index (χ0n) is 6.66. The first kappa shape index (κ1) is 8.68. The van der Waals surface area contributed by atoms with Crippen LogP contribution in [0.1, 0.15) is 24.8 Å². The SMILES string of the molecule is CC(O)CCCc1nccs1. The van der Waals surface area contributed by atoms with Gasteiger partial charge in [-0.05, 0) is 26.2 Å².